The Kier molecular flexibility index (Phi) is 4.45. The molecule has 1 amide bonds. The van der Waals surface area contributed by atoms with E-state index in [0.717, 1.165) is 18.4 Å². The zero-order valence-electron chi connectivity index (χ0n) is 11.2. The molecule has 2 aromatic rings. The van der Waals surface area contributed by atoms with Crippen molar-refractivity contribution in [2.45, 2.75) is 24.6 Å². The van der Waals surface area contributed by atoms with Crippen LogP contribution in [0.1, 0.15) is 18.7 Å². The molecule has 0 bridgehead atoms. The smallest absolute Gasteiger partial charge is 0.259 e. The fourth-order valence-electron chi connectivity index (χ4n) is 1.79. The van der Waals surface area contributed by atoms with Crippen molar-refractivity contribution in [2.24, 2.45) is 0 Å². The molecule has 1 aromatic carbocycles. The van der Waals surface area contributed by atoms with Gasteiger partial charge in [-0.2, -0.15) is 4.98 Å². The number of hydrogen-bond acceptors (Lipinski definition) is 5. The minimum atomic E-state index is 0.0670. The normalized spacial score (nSPS) is 14.1. The first kappa shape index (κ1) is 14.4. The molecule has 21 heavy (non-hydrogen) atoms. The standard InChI is InChI=1S/C14H14ClN3O2S/c15-11-4-2-1-3-10(11)14-17-12(18-20-14)7-21-8-13(19)16-9-5-6-9/h1-4,9H,5-8H2,(H,16,19). The molecule has 1 aliphatic rings. The summed E-state index contributed by atoms with van der Waals surface area (Å²) in [7, 11) is 0. The van der Waals surface area contributed by atoms with E-state index in [4.69, 9.17) is 16.1 Å². The summed E-state index contributed by atoms with van der Waals surface area (Å²) in [6.45, 7) is 0. The van der Waals surface area contributed by atoms with Crippen LogP contribution < -0.4 is 5.32 Å². The van der Waals surface area contributed by atoms with Crippen molar-refractivity contribution in [3.63, 3.8) is 0 Å². The fraction of sp³-hybridized carbons (Fsp3) is 0.357. The molecule has 7 heteroatoms. The third-order valence-electron chi connectivity index (χ3n) is 2.98. The Labute approximate surface area is 131 Å². The monoisotopic (exact) mass is 323 g/mol. The Morgan fingerprint density at radius 2 is 2.24 bits per heavy atom. The second-order valence-corrected chi connectivity index (χ2v) is 6.22. The molecule has 1 fully saturated rings. The highest BCUT2D eigenvalue weighted by molar-refractivity contribution is 7.99. The summed E-state index contributed by atoms with van der Waals surface area (Å²) in [5.41, 5.74) is 0.717. The quantitative estimate of drug-likeness (QED) is 0.885. The first-order valence-corrected chi connectivity index (χ1v) is 8.20. The number of thioether (sulfide) groups is 1. The van der Waals surface area contributed by atoms with Gasteiger partial charge in [0, 0.05) is 6.04 Å². The lowest BCUT2D eigenvalue weighted by atomic mass is 10.2. The van der Waals surface area contributed by atoms with Crippen molar-refractivity contribution in [3.8, 4) is 11.5 Å². The van der Waals surface area contributed by atoms with Gasteiger partial charge in [0.15, 0.2) is 5.82 Å². The van der Waals surface area contributed by atoms with Crippen molar-refractivity contribution in [1.82, 2.24) is 15.5 Å². The van der Waals surface area contributed by atoms with Gasteiger partial charge in [0.2, 0.25) is 5.91 Å². The number of amides is 1. The molecule has 0 spiro atoms. The highest BCUT2D eigenvalue weighted by atomic mass is 35.5. The van der Waals surface area contributed by atoms with Gasteiger partial charge in [-0.25, -0.2) is 0 Å². The summed E-state index contributed by atoms with van der Waals surface area (Å²) in [6, 6.07) is 7.71. The van der Waals surface area contributed by atoms with Gasteiger partial charge in [-0.15, -0.1) is 11.8 Å². The van der Waals surface area contributed by atoms with E-state index in [1.165, 1.54) is 11.8 Å². The summed E-state index contributed by atoms with van der Waals surface area (Å²) in [6.07, 6.45) is 2.20. The number of nitrogens with one attached hydrogen (secondary N) is 1. The molecule has 1 aliphatic carbocycles. The highest BCUT2D eigenvalue weighted by Gasteiger charge is 2.23. The van der Waals surface area contributed by atoms with Gasteiger partial charge in [0.25, 0.3) is 5.89 Å². The first-order chi connectivity index (χ1) is 10.2. The summed E-state index contributed by atoms with van der Waals surface area (Å²) in [5.74, 6) is 1.98. The highest BCUT2D eigenvalue weighted by Crippen LogP contribution is 2.26. The molecule has 0 aliphatic heterocycles. The van der Waals surface area contributed by atoms with E-state index in [0.29, 0.717) is 34.3 Å². The van der Waals surface area contributed by atoms with E-state index < -0.39 is 0 Å². The molecule has 1 N–H and O–H groups in total. The van der Waals surface area contributed by atoms with E-state index >= 15 is 0 Å². The van der Waals surface area contributed by atoms with E-state index in [9.17, 15) is 4.79 Å². The number of carbonyl (C=O) groups excluding carboxylic acids is 1. The lowest BCUT2D eigenvalue weighted by molar-refractivity contribution is -0.118. The van der Waals surface area contributed by atoms with Gasteiger partial charge in [0.05, 0.1) is 22.1 Å². The third-order valence-corrected chi connectivity index (χ3v) is 4.24. The molecule has 3 rings (SSSR count). The van der Waals surface area contributed by atoms with Crippen LogP contribution in [0.5, 0.6) is 0 Å². The van der Waals surface area contributed by atoms with Crippen LogP contribution in [0.3, 0.4) is 0 Å². The minimum absolute atomic E-state index is 0.0670. The lowest BCUT2D eigenvalue weighted by Gasteiger charge is -2.00. The average Bonchev–Trinajstić information content (AvgIpc) is 3.15. The van der Waals surface area contributed by atoms with Crippen LogP contribution in [0.2, 0.25) is 5.02 Å². The number of rotatable bonds is 6. The summed E-state index contributed by atoms with van der Waals surface area (Å²) < 4.78 is 5.20. The van der Waals surface area contributed by atoms with Gasteiger partial charge in [-0.1, -0.05) is 28.9 Å². The number of halogens is 1. The maximum absolute atomic E-state index is 11.5. The number of hydrogen-bond donors (Lipinski definition) is 1. The van der Waals surface area contributed by atoms with E-state index in [2.05, 4.69) is 15.5 Å². The lowest BCUT2D eigenvalue weighted by Crippen LogP contribution is -2.27. The van der Waals surface area contributed by atoms with Crippen LogP contribution in [-0.4, -0.2) is 27.8 Å². The predicted octanol–water partition coefficient (Wildman–Crippen LogP) is 2.90. The largest absolute Gasteiger partial charge is 0.353 e. The predicted molar refractivity (Wildman–Crippen MR) is 82.1 cm³/mol. The molecule has 1 saturated carbocycles. The van der Waals surface area contributed by atoms with Gasteiger partial charge < -0.3 is 9.84 Å². The molecule has 0 atom stereocenters. The number of nitrogens with zero attached hydrogens (tertiary/aromatic N) is 2. The molecule has 0 radical (unpaired) electrons. The van der Waals surface area contributed by atoms with Crippen LogP contribution in [0, 0.1) is 0 Å². The van der Waals surface area contributed by atoms with Crippen molar-refractivity contribution in [1.29, 1.82) is 0 Å². The van der Waals surface area contributed by atoms with E-state index in [-0.39, 0.29) is 5.91 Å². The molecular weight excluding hydrogens is 310 g/mol. The van der Waals surface area contributed by atoms with Gasteiger partial charge in [0.1, 0.15) is 0 Å². The topological polar surface area (TPSA) is 68.0 Å². The number of carbonyl (C=O) groups is 1. The molecule has 1 aromatic heterocycles. The Morgan fingerprint density at radius 1 is 1.43 bits per heavy atom. The van der Waals surface area contributed by atoms with Crippen LogP contribution >= 0.6 is 23.4 Å². The van der Waals surface area contributed by atoms with Crippen LogP contribution in [0.4, 0.5) is 0 Å². The SMILES string of the molecule is O=C(CSCc1noc(-c2ccccc2Cl)n1)NC1CC1. The summed E-state index contributed by atoms with van der Waals surface area (Å²) >= 11 is 7.55. The van der Waals surface area contributed by atoms with E-state index in [1.54, 1.807) is 6.07 Å². The van der Waals surface area contributed by atoms with Gasteiger partial charge in [-0.3, -0.25) is 4.79 Å². The van der Waals surface area contributed by atoms with Crippen molar-refractivity contribution < 1.29 is 9.32 Å². The molecule has 110 valence electrons. The Morgan fingerprint density at radius 3 is 3.00 bits per heavy atom. The summed E-state index contributed by atoms with van der Waals surface area (Å²) in [4.78, 5) is 15.8. The van der Waals surface area contributed by atoms with Crippen LogP contribution in [0.25, 0.3) is 11.5 Å². The zero-order valence-corrected chi connectivity index (χ0v) is 12.8. The number of aromatic nitrogens is 2. The molecule has 0 saturated heterocycles. The minimum Gasteiger partial charge on any atom is -0.353 e. The maximum atomic E-state index is 11.5. The Bertz CT molecular complexity index is 643. The second-order valence-electron chi connectivity index (χ2n) is 4.83. The van der Waals surface area contributed by atoms with Crippen molar-refractivity contribution >= 4 is 29.3 Å². The third kappa shape index (κ3) is 3.98. The van der Waals surface area contributed by atoms with Crippen LogP contribution in [-0.2, 0) is 10.5 Å². The van der Waals surface area contributed by atoms with Gasteiger partial charge >= 0.3 is 0 Å². The second kappa shape index (κ2) is 6.49. The van der Waals surface area contributed by atoms with Gasteiger partial charge in [-0.05, 0) is 25.0 Å². The first-order valence-electron chi connectivity index (χ1n) is 6.67. The molecule has 1 heterocycles. The fourth-order valence-corrected chi connectivity index (χ4v) is 2.68. The molecular formula is C14H14ClN3O2S. The zero-order chi connectivity index (χ0) is 14.7. The van der Waals surface area contributed by atoms with Crippen molar-refractivity contribution in [2.75, 3.05) is 5.75 Å². The summed E-state index contributed by atoms with van der Waals surface area (Å²) in [5, 5.41) is 7.42. The molecule has 0 unspecified atom stereocenters. The van der Waals surface area contributed by atoms with E-state index in [1.807, 2.05) is 18.2 Å². The Balaban J connectivity index is 1.53. The van der Waals surface area contributed by atoms with Crippen LogP contribution in [0.15, 0.2) is 28.8 Å². The average molecular weight is 324 g/mol. The maximum Gasteiger partial charge on any atom is 0.259 e. The number of benzene rings is 1. The Hall–Kier alpha value is -1.53. The van der Waals surface area contributed by atoms with Crippen molar-refractivity contribution in [3.05, 3.63) is 35.1 Å². The molecule has 5 nitrogen and oxygen atoms in total.